The molecule has 4 aromatic rings. The van der Waals surface area contributed by atoms with Crippen molar-refractivity contribution in [3.05, 3.63) is 65.1 Å². The number of nitriles is 1. The molecule has 1 aliphatic heterocycles. The van der Waals surface area contributed by atoms with E-state index in [1.54, 1.807) is 12.3 Å². The van der Waals surface area contributed by atoms with E-state index in [4.69, 9.17) is 0 Å². The molecule has 8 heteroatoms. The monoisotopic (exact) mass is 456 g/mol. The summed E-state index contributed by atoms with van der Waals surface area (Å²) in [6.07, 6.45) is 1.77. The second-order valence-electron chi connectivity index (χ2n) is 8.79. The number of pyridine rings is 1. The van der Waals surface area contributed by atoms with E-state index in [2.05, 4.69) is 31.5 Å². The molecule has 0 bridgehead atoms. The molecule has 1 aliphatic rings. The zero-order valence-corrected chi connectivity index (χ0v) is 19.1. The molecule has 2 aromatic heterocycles. The lowest BCUT2D eigenvalue weighted by molar-refractivity contribution is 0.200. The highest BCUT2D eigenvalue weighted by atomic mass is 19.1. The van der Waals surface area contributed by atoms with Crippen LogP contribution in [-0.2, 0) is 6.54 Å². The van der Waals surface area contributed by atoms with Gasteiger partial charge >= 0.3 is 0 Å². The Balaban J connectivity index is 1.56. The summed E-state index contributed by atoms with van der Waals surface area (Å²) in [5, 5.41) is 30.3. The summed E-state index contributed by atoms with van der Waals surface area (Å²) in [5.41, 5.74) is 5.21. The van der Waals surface area contributed by atoms with Crippen LogP contribution in [0.1, 0.15) is 16.7 Å². The van der Waals surface area contributed by atoms with Gasteiger partial charge in [0.05, 0.1) is 17.1 Å². The first-order chi connectivity index (χ1) is 16.5. The summed E-state index contributed by atoms with van der Waals surface area (Å²) in [7, 11) is 1.82. The van der Waals surface area contributed by atoms with Gasteiger partial charge in [-0.25, -0.2) is 9.37 Å². The van der Waals surface area contributed by atoms with Gasteiger partial charge < -0.3 is 15.3 Å². The van der Waals surface area contributed by atoms with Crippen LogP contribution in [0.25, 0.3) is 33.3 Å². The number of aromatic nitrogens is 3. The van der Waals surface area contributed by atoms with Crippen LogP contribution in [0, 0.1) is 30.0 Å². The Morgan fingerprint density at radius 3 is 2.74 bits per heavy atom. The number of halogens is 1. The summed E-state index contributed by atoms with van der Waals surface area (Å²) in [6.45, 7) is 4.21. The number of nitrogens with zero attached hydrogens (tertiary/aromatic N) is 4. The third kappa shape index (κ3) is 3.79. The third-order valence-electron chi connectivity index (χ3n) is 6.38. The van der Waals surface area contributed by atoms with E-state index in [1.807, 2.05) is 38.2 Å². The smallest absolute Gasteiger partial charge is 0.131 e. The molecule has 0 spiro atoms. The summed E-state index contributed by atoms with van der Waals surface area (Å²) in [6, 6.07) is 13.1. The fraction of sp³-hybridized carbons (Fsp3) is 0.269. The number of rotatable bonds is 6. The van der Waals surface area contributed by atoms with E-state index in [-0.39, 0.29) is 12.4 Å². The highest BCUT2D eigenvalue weighted by Crippen LogP contribution is 2.36. The molecular weight excluding hydrogens is 431 g/mol. The third-order valence-corrected chi connectivity index (χ3v) is 6.38. The van der Waals surface area contributed by atoms with Crippen molar-refractivity contribution in [1.29, 1.82) is 5.26 Å². The van der Waals surface area contributed by atoms with Gasteiger partial charge in [0.25, 0.3) is 0 Å². The average molecular weight is 457 g/mol. The maximum Gasteiger partial charge on any atom is 0.131 e. The molecule has 34 heavy (non-hydrogen) atoms. The Labute approximate surface area is 196 Å². The van der Waals surface area contributed by atoms with Crippen LogP contribution in [-0.4, -0.2) is 47.0 Å². The van der Waals surface area contributed by atoms with Gasteiger partial charge in [-0.3, -0.25) is 5.10 Å². The van der Waals surface area contributed by atoms with Crippen molar-refractivity contribution in [3.8, 4) is 28.5 Å². The molecule has 7 nitrogen and oxygen atoms in total. The lowest BCUT2D eigenvalue weighted by atomic mass is 9.92. The molecule has 0 aliphatic carbocycles. The summed E-state index contributed by atoms with van der Waals surface area (Å²) < 4.78 is 15.2. The standard InChI is InChI=1S/C26H25FN6O/c1-15-5-16(10-29-2)6-22(27)25(15)20-8-21-23(7-19(20)9-28)31-32-26(21)18-3-4-24(30-11-18)33-12-17(13-33)14-34/h3-8,11,17,29,34H,10,12-14H2,1-2H3,(H,31,32). The number of fused-ring (bicyclic) bond motifs is 1. The number of aryl methyl sites for hydroxylation is 1. The Kier molecular flexibility index (Phi) is 5.74. The molecule has 0 amide bonds. The van der Waals surface area contributed by atoms with E-state index < -0.39 is 0 Å². The van der Waals surface area contributed by atoms with Crippen LogP contribution in [0.3, 0.4) is 0 Å². The van der Waals surface area contributed by atoms with E-state index in [1.165, 1.54) is 6.07 Å². The minimum Gasteiger partial charge on any atom is -0.396 e. The van der Waals surface area contributed by atoms with Crippen molar-refractivity contribution in [2.45, 2.75) is 13.5 Å². The van der Waals surface area contributed by atoms with Gasteiger partial charge in [-0.15, -0.1) is 0 Å². The van der Waals surface area contributed by atoms with Crippen LogP contribution in [0.15, 0.2) is 42.6 Å². The van der Waals surface area contributed by atoms with Gasteiger partial charge in [0, 0.05) is 60.4 Å². The quantitative estimate of drug-likeness (QED) is 0.409. The molecule has 2 aromatic carbocycles. The number of hydrogen-bond acceptors (Lipinski definition) is 6. The van der Waals surface area contributed by atoms with Crippen molar-refractivity contribution in [1.82, 2.24) is 20.5 Å². The van der Waals surface area contributed by atoms with Crippen molar-refractivity contribution < 1.29 is 9.50 Å². The first-order valence-corrected chi connectivity index (χ1v) is 11.2. The molecule has 1 fully saturated rings. The Morgan fingerprint density at radius 2 is 2.09 bits per heavy atom. The van der Waals surface area contributed by atoms with Gasteiger partial charge in [0.2, 0.25) is 0 Å². The van der Waals surface area contributed by atoms with E-state index in [0.717, 1.165) is 41.0 Å². The van der Waals surface area contributed by atoms with Gasteiger partial charge in [0.1, 0.15) is 17.3 Å². The molecule has 0 saturated carbocycles. The molecule has 3 heterocycles. The van der Waals surface area contributed by atoms with Crippen LogP contribution in [0.5, 0.6) is 0 Å². The van der Waals surface area contributed by atoms with Crippen LogP contribution in [0.2, 0.25) is 0 Å². The normalized spacial score (nSPS) is 13.8. The number of aliphatic hydroxyl groups is 1. The Bertz CT molecular complexity index is 1380. The second-order valence-corrected chi connectivity index (χ2v) is 8.79. The average Bonchev–Trinajstić information content (AvgIpc) is 3.21. The van der Waals surface area contributed by atoms with Crippen molar-refractivity contribution in [2.75, 3.05) is 31.6 Å². The van der Waals surface area contributed by atoms with Gasteiger partial charge in [-0.05, 0) is 55.4 Å². The zero-order chi connectivity index (χ0) is 23.8. The lowest BCUT2D eigenvalue weighted by Crippen LogP contribution is -2.48. The van der Waals surface area contributed by atoms with Gasteiger partial charge in [-0.1, -0.05) is 6.07 Å². The van der Waals surface area contributed by atoms with Gasteiger partial charge in [-0.2, -0.15) is 10.4 Å². The molecule has 3 N–H and O–H groups in total. The highest BCUT2D eigenvalue weighted by Gasteiger charge is 2.27. The number of hydrogen-bond donors (Lipinski definition) is 3. The molecule has 172 valence electrons. The van der Waals surface area contributed by atoms with E-state index in [9.17, 15) is 10.4 Å². The van der Waals surface area contributed by atoms with Crippen LogP contribution >= 0.6 is 0 Å². The largest absolute Gasteiger partial charge is 0.396 e. The molecule has 0 unspecified atom stereocenters. The summed E-state index contributed by atoms with van der Waals surface area (Å²) in [5.74, 6) is 0.814. The molecule has 0 atom stereocenters. The predicted molar refractivity (Wildman–Crippen MR) is 130 cm³/mol. The molecule has 1 saturated heterocycles. The molecular formula is C26H25FN6O. The number of aromatic amines is 1. The Morgan fingerprint density at radius 1 is 1.26 bits per heavy atom. The summed E-state index contributed by atoms with van der Waals surface area (Å²) >= 11 is 0. The molecule has 5 rings (SSSR count). The van der Waals surface area contributed by atoms with E-state index in [0.29, 0.717) is 40.4 Å². The van der Waals surface area contributed by atoms with Crippen molar-refractivity contribution >= 4 is 16.7 Å². The van der Waals surface area contributed by atoms with Crippen molar-refractivity contribution in [2.24, 2.45) is 5.92 Å². The fourth-order valence-corrected chi connectivity index (χ4v) is 4.63. The molecule has 0 radical (unpaired) electrons. The maximum absolute atomic E-state index is 15.2. The number of nitrogens with one attached hydrogen (secondary N) is 2. The zero-order valence-electron chi connectivity index (χ0n) is 19.1. The van der Waals surface area contributed by atoms with Gasteiger partial charge in [0.15, 0.2) is 0 Å². The highest BCUT2D eigenvalue weighted by molar-refractivity contribution is 5.97. The number of benzene rings is 2. The predicted octanol–water partition coefficient (Wildman–Crippen LogP) is 3.76. The maximum atomic E-state index is 15.2. The summed E-state index contributed by atoms with van der Waals surface area (Å²) in [4.78, 5) is 6.69. The number of anilines is 1. The number of H-pyrrole nitrogens is 1. The van der Waals surface area contributed by atoms with Crippen LogP contribution in [0.4, 0.5) is 10.2 Å². The number of aliphatic hydroxyl groups excluding tert-OH is 1. The SMILES string of the molecule is CNCc1cc(C)c(-c2cc3c(-c4ccc(N5CC(CO)C5)nc4)n[nH]c3cc2C#N)c(F)c1. The lowest BCUT2D eigenvalue weighted by Gasteiger charge is -2.39. The first kappa shape index (κ1) is 22.0. The topological polar surface area (TPSA) is 101 Å². The van der Waals surface area contributed by atoms with Crippen molar-refractivity contribution in [3.63, 3.8) is 0 Å². The van der Waals surface area contributed by atoms with E-state index >= 15 is 4.39 Å². The minimum absolute atomic E-state index is 0.194. The first-order valence-electron chi connectivity index (χ1n) is 11.2. The van der Waals surface area contributed by atoms with Crippen LogP contribution < -0.4 is 10.2 Å². The second kappa shape index (κ2) is 8.86. The minimum atomic E-state index is -0.354. The fourth-order valence-electron chi connectivity index (χ4n) is 4.63. The Hall–Kier alpha value is -3.80.